The Morgan fingerprint density at radius 1 is 1.30 bits per heavy atom. The van der Waals surface area contributed by atoms with Crippen LogP contribution in [-0.2, 0) is 4.74 Å². The highest BCUT2D eigenvalue weighted by Gasteiger charge is 2.24. The van der Waals surface area contributed by atoms with E-state index in [0.29, 0.717) is 12.1 Å². The van der Waals surface area contributed by atoms with Gasteiger partial charge in [0.1, 0.15) is 18.0 Å². The van der Waals surface area contributed by atoms with E-state index in [1.54, 1.807) is 13.4 Å². The summed E-state index contributed by atoms with van der Waals surface area (Å²) in [4.78, 5) is 11.1. The van der Waals surface area contributed by atoms with Gasteiger partial charge in [-0.2, -0.15) is 11.8 Å². The van der Waals surface area contributed by atoms with Gasteiger partial charge in [-0.1, -0.05) is 0 Å². The van der Waals surface area contributed by atoms with E-state index in [9.17, 15) is 0 Å². The maximum absolute atomic E-state index is 5.41. The maximum atomic E-state index is 5.41. The van der Waals surface area contributed by atoms with Gasteiger partial charge in [-0.15, -0.1) is 0 Å². The number of thioether (sulfide) groups is 1. The SMILES string of the molecule is CO[C@@H]1CC[C@H](Nc2cc(N3CCSCC3)ncn2)C1. The highest BCUT2D eigenvalue weighted by molar-refractivity contribution is 7.99. The molecule has 5 nitrogen and oxygen atoms in total. The van der Waals surface area contributed by atoms with Gasteiger partial charge in [-0.3, -0.25) is 0 Å². The predicted octanol–water partition coefficient (Wildman–Crippen LogP) is 2.01. The van der Waals surface area contributed by atoms with Gasteiger partial charge in [0, 0.05) is 43.8 Å². The van der Waals surface area contributed by atoms with Gasteiger partial charge < -0.3 is 15.0 Å². The van der Waals surface area contributed by atoms with Crippen molar-refractivity contribution in [2.24, 2.45) is 0 Å². The molecule has 1 aromatic heterocycles. The quantitative estimate of drug-likeness (QED) is 0.917. The Morgan fingerprint density at radius 3 is 2.90 bits per heavy atom. The molecule has 2 aliphatic rings. The van der Waals surface area contributed by atoms with Crippen LogP contribution in [0.3, 0.4) is 0 Å². The van der Waals surface area contributed by atoms with Gasteiger partial charge >= 0.3 is 0 Å². The van der Waals surface area contributed by atoms with Crippen molar-refractivity contribution in [3.63, 3.8) is 0 Å². The number of methoxy groups -OCH3 is 1. The highest BCUT2D eigenvalue weighted by atomic mass is 32.2. The third-order valence-corrected chi connectivity index (χ3v) is 5.00. The standard InChI is InChI=1S/C14H22N4OS/c1-19-12-3-2-11(8-12)17-13-9-14(16-10-15-13)18-4-6-20-7-5-18/h9-12H,2-8H2,1H3,(H,15,16,17)/t11-,12+/m0/s1. The van der Waals surface area contributed by atoms with Crippen LogP contribution in [0.5, 0.6) is 0 Å². The molecule has 1 saturated heterocycles. The van der Waals surface area contributed by atoms with Crippen LogP contribution in [0.15, 0.2) is 12.4 Å². The largest absolute Gasteiger partial charge is 0.381 e. The second-order valence-electron chi connectivity index (χ2n) is 5.37. The molecule has 1 saturated carbocycles. The molecule has 2 fully saturated rings. The predicted molar refractivity (Wildman–Crippen MR) is 83.6 cm³/mol. The zero-order valence-corrected chi connectivity index (χ0v) is 12.7. The van der Waals surface area contributed by atoms with Crippen LogP contribution < -0.4 is 10.2 Å². The van der Waals surface area contributed by atoms with Crippen LogP contribution in [0, 0.1) is 0 Å². The van der Waals surface area contributed by atoms with Gasteiger partial charge in [-0.05, 0) is 19.3 Å². The molecule has 6 heteroatoms. The van der Waals surface area contributed by atoms with Crippen molar-refractivity contribution < 1.29 is 4.74 Å². The monoisotopic (exact) mass is 294 g/mol. The first-order chi connectivity index (χ1) is 9.85. The van der Waals surface area contributed by atoms with Crippen molar-refractivity contribution in [1.29, 1.82) is 0 Å². The Bertz CT molecular complexity index is 439. The highest BCUT2D eigenvalue weighted by Crippen LogP contribution is 2.25. The van der Waals surface area contributed by atoms with Gasteiger partial charge in [-0.25, -0.2) is 9.97 Å². The zero-order valence-electron chi connectivity index (χ0n) is 11.9. The minimum absolute atomic E-state index is 0.396. The summed E-state index contributed by atoms with van der Waals surface area (Å²) < 4.78 is 5.41. The van der Waals surface area contributed by atoms with Gasteiger partial charge in [0.2, 0.25) is 0 Å². The number of nitrogens with zero attached hydrogens (tertiary/aromatic N) is 3. The number of hydrogen-bond acceptors (Lipinski definition) is 6. The van der Waals surface area contributed by atoms with Crippen LogP contribution in [0.1, 0.15) is 19.3 Å². The molecule has 2 heterocycles. The fourth-order valence-electron chi connectivity index (χ4n) is 2.89. The Hall–Kier alpha value is -1.01. The van der Waals surface area contributed by atoms with Crippen molar-refractivity contribution >= 4 is 23.4 Å². The van der Waals surface area contributed by atoms with E-state index in [4.69, 9.17) is 4.74 Å². The van der Waals surface area contributed by atoms with E-state index in [-0.39, 0.29) is 0 Å². The summed E-state index contributed by atoms with van der Waals surface area (Å²) in [5.74, 6) is 4.36. The molecule has 1 aliphatic heterocycles. The van der Waals surface area contributed by atoms with Crippen molar-refractivity contribution in [3.8, 4) is 0 Å². The van der Waals surface area contributed by atoms with Gasteiger partial charge in [0.15, 0.2) is 0 Å². The Kier molecular flexibility index (Phi) is 4.62. The summed E-state index contributed by atoms with van der Waals surface area (Å²) >= 11 is 2.01. The molecular formula is C14H22N4OS. The molecule has 0 radical (unpaired) electrons. The van der Waals surface area contributed by atoms with E-state index >= 15 is 0 Å². The van der Waals surface area contributed by atoms with E-state index < -0.39 is 0 Å². The third-order valence-electron chi connectivity index (χ3n) is 4.06. The molecule has 0 aromatic carbocycles. The topological polar surface area (TPSA) is 50.3 Å². The summed E-state index contributed by atoms with van der Waals surface area (Å²) in [6, 6.07) is 2.55. The molecule has 3 rings (SSSR count). The van der Waals surface area contributed by atoms with E-state index in [2.05, 4.69) is 26.3 Å². The number of anilines is 2. The number of hydrogen-bond donors (Lipinski definition) is 1. The first-order valence-corrected chi connectivity index (χ1v) is 8.44. The first-order valence-electron chi connectivity index (χ1n) is 7.29. The minimum atomic E-state index is 0.396. The molecule has 0 spiro atoms. The fraction of sp³-hybridized carbons (Fsp3) is 0.714. The Balaban J connectivity index is 1.62. The average Bonchev–Trinajstić information content (AvgIpc) is 2.96. The molecule has 1 aliphatic carbocycles. The molecule has 1 N–H and O–H groups in total. The smallest absolute Gasteiger partial charge is 0.134 e. The van der Waals surface area contributed by atoms with Crippen LogP contribution in [0.25, 0.3) is 0 Å². The minimum Gasteiger partial charge on any atom is -0.381 e. The molecule has 0 bridgehead atoms. The van der Waals surface area contributed by atoms with Gasteiger partial charge in [0.25, 0.3) is 0 Å². The lowest BCUT2D eigenvalue weighted by Crippen LogP contribution is -2.33. The van der Waals surface area contributed by atoms with Crippen LogP contribution in [-0.4, -0.2) is 53.8 Å². The second kappa shape index (κ2) is 6.63. The van der Waals surface area contributed by atoms with Crippen LogP contribution >= 0.6 is 11.8 Å². The summed E-state index contributed by atoms with van der Waals surface area (Å²) in [7, 11) is 1.80. The van der Waals surface area contributed by atoms with Crippen molar-refractivity contribution in [3.05, 3.63) is 12.4 Å². The maximum Gasteiger partial charge on any atom is 0.134 e. The number of aromatic nitrogens is 2. The Morgan fingerprint density at radius 2 is 2.15 bits per heavy atom. The number of ether oxygens (including phenoxy) is 1. The van der Waals surface area contributed by atoms with Crippen molar-refractivity contribution in [2.75, 3.05) is 41.9 Å². The third kappa shape index (κ3) is 3.35. The summed E-state index contributed by atoms with van der Waals surface area (Å²) in [6.07, 6.45) is 5.42. The first kappa shape index (κ1) is 13.9. The molecule has 110 valence electrons. The second-order valence-corrected chi connectivity index (χ2v) is 6.60. The van der Waals surface area contributed by atoms with Crippen molar-refractivity contribution in [2.45, 2.75) is 31.4 Å². The normalized spacial score (nSPS) is 26.8. The average molecular weight is 294 g/mol. The molecule has 2 atom stereocenters. The van der Waals surface area contributed by atoms with E-state index in [0.717, 1.165) is 44.0 Å². The number of nitrogens with one attached hydrogen (secondary N) is 1. The van der Waals surface area contributed by atoms with Crippen LogP contribution in [0.4, 0.5) is 11.6 Å². The molecule has 1 aromatic rings. The lowest BCUT2D eigenvalue weighted by Gasteiger charge is -2.27. The summed E-state index contributed by atoms with van der Waals surface area (Å²) in [5.41, 5.74) is 0. The lowest BCUT2D eigenvalue weighted by atomic mass is 10.2. The lowest BCUT2D eigenvalue weighted by molar-refractivity contribution is 0.108. The van der Waals surface area contributed by atoms with Gasteiger partial charge in [0.05, 0.1) is 6.10 Å². The molecule has 20 heavy (non-hydrogen) atoms. The Labute approximate surface area is 124 Å². The van der Waals surface area contributed by atoms with E-state index in [1.165, 1.54) is 11.5 Å². The summed E-state index contributed by atoms with van der Waals surface area (Å²) in [5, 5.41) is 3.52. The molecule has 0 amide bonds. The molecular weight excluding hydrogens is 272 g/mol. The fourth-order valence-corrected chi connectivity index (χ4v) is 3.79. The van der Waals surface area contributed by atoms with E-state index in [1.807, 2.05) is 11.8 Å². The number of rotatable bonds is 4. The zero-order chi connectivity index (χ0) is 13.8. The van der Waals surface area contributed by atoms with Crippen LogP contribution in [0.2, 0.25) is 0 Å². The van der Waals surface area contributed by atoms with Crippen molar-refractivity contribution in [1.82, 2.24) is 9.97 Å². The molecule has 0 unspecified atom stereocenters. The summed E-state index contributed by atoms with van der Waals surface area (Å²) in [6.45, 7) is 2.16.